The fourth-order valence-corrected chi connectivity index (χ4v) is 3.23. The van der Waals surface area contributed by atoms with E-state index in [1.165, 1.54) is 0 Å². The lowest BCUT2D eigenvalue weighted by Gasteiger charge is -2.09. The zero-order valence-electron chi connectivity index (χ0n) is 14.1. The lowest BCUT2D eigenvalue weighted by Crippen LogP contribution is -2.00. The summed E-state index contributed by atoms with van der Waals surface area (Å²) < 4.78 is 0. The van der Waals surface area contributed by atoms with Crippen LogP contribution in [0, 0.1) is 0 Å². The molecule has 2 aromatic carbocycles. The van der Waals surface area contributed by atoms with Gasteiger partial charge in [0.25, 0.3) is 0 Å². The van der Waals surface area contributed by atoms with Crippen LogP contribution in [0.25, 0.3) is 22.2 Å². The van der Waals surface area contributed by atoms with Crippen molar-refractivity contribution in [2.24, 2.45) is 0 Å². The molecule has 0 atom stereocenters. The minimum absolute atomic E-state index is 0.0598. The maximum atomic E-state index is 11.2. The van der Waals surface area contributed by atoms with Crippen LogP contribution in [0.5, 0.6) is 0 Å². The zero-order chi connectivity index (χ0) is 18.8. The van der Waals surface area contributed by atoms with Crippen LogP contribution in [0.2, 0.25) is 5.02 Å². The molecular formula is C20H15ClN4O2. The number of nitrogens with one attached hydrogen (secondary N) is 2. The maximum absolute atomic E-state index is 11.2. The third-order valence-corrected chi connectivity index (χ3v) is 4.38. The molecule has 7 heteroatoms. The Morgan fingerprint density at radius 2 is 2.04 bits per heavy atom. The number of aromatic nitrogens is 3. The lowest BCUT2D eigenvalue weighted by molar-refractivity contribution is -0.136. The average Bonchev–Trinajstić information content (AvgIpc) is 3.04. The largest absolute Gasteiger partial charge is 0.481 e. The first-order chi connectivity index (χ1) is 13.1. The molecule has 0 aliphatic carbocycles. The van der Waals surface area contributed by atoms with E-state index in [9.17, 15) is 9.90 Å². The molecule has 2 heterocycles. The number of hydrogen-bond acceptors (Lipinski definition) is 4. The molecule has 2 aromatic heterocycles. The second kappa shape index (κ2) is 7.09. The van der Waals surface area contributed by atoms with Crippen LogP contribution in [-0.2, 0) is 11.2 Å². The van der Waals surface area contributed by atoms with Gasteiger partial charge < -0.3 is 15.4 Å². The quantitative estimate of drug-likeness (QED) is 0.470. The Kier molecular flexibility index (Phi) is 4.48. The predicted octanol–water partition coefficient (Wildman–Crippen LogP) is 4.65. The molecule has 0 bridgehead atoms. The summed E-state index contributed by atoms with van der Waals surface area (Å²) in [4.78, 5) is 23.2. The van der Waals surface area contributed by atoms with Crippen molar-refractivity contribution in [3.05, 3.63) is 71.5 Å². The van der Waals surface area contributed by atoms with Gasteiger partial charge in [0.2, 0.25) is 5.95 Å². The molecule has 134 valence electrons. The van der Waals surface area contributed by atoms with E-state index < -0.39 is 5.97 Å². The number of H-pyrrole nitrogens is 1. The smallest absolute Gasteiger partial charge is 0.307 e. The Morgan fingerprint density at radius 1 is 1.19 bits per heavy atom. The Morgan fingerprint density at radius 3 is 2.85 bits per heavy atom. The summed E-state index contributed by atoms with van der Waals surface area (Å²) in [6, 6.07) is 14.8. The third-order valence-electron chi connectivity index (χ3n) is 4.14. The van der Waals surface area contributed by atoms with E-state index in [1.54, 1.807) is 30.6 Å². The molecule has 3 N–H and O–H groups in total. The fraction of sp³-hybridized carbons (Fsp3) is 0.0500. The summed E-state index contributed by atoms with van der Waals surface area (Å²) in [6.07, 6.45) is 3.34. The second-order valence-corrected chi connectivity index (χ2v) is 6.45. The number of fused-ring (bicyclic) bond motifs is 1. The van der Waals surface area contributed by atoms with E-state index in [4.69, 9.17) is 11.6 Å². The van der Waals surface area contributed by atoms with Crippen molar-refractivity contribution in [3.8, 4) is 11.3 Å². The molecule has 0 aliphatic rings. The molecule has 0 spiro atoms. The third kappa shape index (κ3) is 3.61. The average molecular weight is 379 g/mol. The fourth-order valence-electron chi connectivity index (χ4n) is 3.04. The van der Waals surface area contributed by atoms with Crippen LogP contribution < -0.4 is 5.32 Å². The van der Waals surface area contributed by atoms with Crippen molar-refractivity contribution in [1.82, 2.24) is 15.0 Å². The number of aliphatic carboxylic acids is 1. The van der Waals surface area contributed by atoms with Gasteiger partial charge >= 0.3 is 5.97 Å². The number of carboxylic acid groups (broad SMARTS) is 1. The van der Waals surface area contributed by atoms with Gasteiger partial charge in [-0.3, -0.25) is 4.79 Å². The lowest BCUT2D eigenvalue weighted by atomic mass is 10.0. The summed E-state index contributed by atoms with van der Waals surface area (Å²) in [5.41, 5.74) is 3.92. The molecule has 6 nitrogen and oxygen atoms in total. The molecule has 0 fully saturated rings. The number of hydrogen-bond donors (Lipinski definition) is 3. The molecule has 0 amide bonds. The van der Waals surface area contributed by atoms with Gasteiger partial charge in [-0.1, -0.05) is 29.8 Å². The number of benzene rings is 2. The molecule has 0 radical (unpaired) electrons. The number of nitrogens with zero attached hydrogens (tertiary/aromatic N) is 2. The van der Waals surface area contributed by atoms with Gasteiger partial charge in [-0.15, -0.1) is 0 Å². The number of carbonyl (C=O) groups is 1. The Hall–Kier alpha value is -3.38. The summed E-state index contributed by atoms with van der Waals surface area (Å²) in [5.74, 6) is -0.446. The van der Waals surface area contributed by atoms with Crippen LogP contribution in [0.15, 0.2) is 60.9 Å². The predicted molar refractivity (Wildman–Crippen MR) is 105 cm³/mol. The minimum atomic E-state index is -0.878. The Balaban J connectivity index is 1.76. The van der Waals surface area contributed by atoms with E-state index >= 15 is 0 Å². The van der Waals surface area contributed by atoms with E-state index in [0.717, 1.165) is 27.7 Å². The first-order valence-corrected chi connectivity index (χ1v) is 8.65. The highest BCUT2D eigenvalue weighted by Crippen LogP contribution is 2.31. The normalized spacial score (nSPS) is 10.9. The monoisotopic (exact) mass is 378 g/mol. The number of rotatable bonds is 5. The van der Waals surface area contributed by atoms with Crippen molar-refractivity contribution in [1.29, 1.82) is 0 Å². The van der Waals surface area contributed by atoms with Crippen molar-refractivity contribution in [2.45, 2.75) is 6.42 Å². The number of carboxylic acids is 1. The van der Waals surface area contributed by atoms with Gasteiger partial charge in [0.05, 0.1) is 12.1 Å². The van der Waals surface area contributed by atoms with Crippen LogP contribution >= 0.6 is 11.6 Å². The number of halogens is 1. The standard InChI is InChI=1S/C20H15ClN4O2/c21-13-3-1-4-14(10-13)24-20-22-8-7-16(25-20)15-5-2-6-17-19(15)12(11-23-17)9-18(26)27/h1-8,10-11,23H,9H2,(H,26,27)(H,22,24,25). The molecule has 4 aromatic rings. The summed E-state index contributed by atoms with van der Waals surface area (Å²) in [5, 5.41) is 13.8. The van der Waals surface area contributed by atoms with Gasteiger partial charge in [0.1, 0.15) is 0 Å². The highest BCUT2D eigenvalue weighted by molar-refractivity contribution is 6.30. The SMILES string of the molecule is O=C(O)Cc1c[nH]c2cccc(-c3ccnc(Nc4cccc(Cl)c4)n3)c12. The highest BCUT2D eigenvalue weighted by atomic mass is 35.5. The van der Waals surface area contributed by atoms with E-state index in [2.05, 4.69) is 20.3 Å². The van der Waals surface area contributed by atoms with Crippen LogP contribution in [0.1, 0.15) is 5.56 Å². The molecule has 0 saturated carbocycles. The van der Waals surface area contributed by atoms with Crippen molar-refractivity contribution in [2.75, 3.05) is 5.32 Å². The van der Waals surface area contributed by atoms with Gasteiger partial charge in [0.15, 0.2) is 0 Å². The topological polar surface area (TPSA) is 90.9 Å². The summed E-state index contributed by atoms with van der Waals surface area (Å²) in [7, 11) is 0. The first-order valence-electron chi connectivity index (χ1n) is 8.27. The van der Waals surface area contributed by atoms with Crippen molar-refractivity contribution in [3.63, 3.8) is 0 Å². The summed E-state index contributed by atoms with van der Waals surface area (Å²) in [6.45, 7) is 0. The van der Waals surface area contributed by atoms with Crippen molar-refractivity contribution < 1.29 is 9.90 Å². The maximum Gasteiger partial charge on any atom is 0.307 e. The van der Waals surface area contributed by atoms with Crippen LogP contribution in [0.3, 0.4) is 0 Å². The number of aromatic amines is 1. The van der Waals surface area contributed by atoms with Gasteiger partial charge in [-0.05, 0) is 35.9 Å². The van der Waals surface area contributed by atoms with E-state index in [-0.39, 0.29) is 6.42 Å². The molecule has 4 rings (SSSR count). The van der Waals surface area contributed by atoms with Crippen LogP contribution in [0.4, 0.5) is 11.6 Å². The van der Waals surface area contributed by atoms with E-state index in [1.807, 2.05) is 30.3 Å². The molecular weight excluding hydrogens is 364 g/mol. The molecule has 27 heavy (non-hydrogen) atoms. The Bertz CT molecular complexity index is 1140. The summed E-state index contributed by atoms with van der Waals surface area (Å²) >= 11 is 6.02. The highest BCUT2D eigenvalue weighted by Gasteiger charge is 2.14. The van der Waals surface area contributed by atoms with Gasteiger partial charge in [-0.2, -0.15) is 0 Å². The first kappa shape index (κ1) is 17.1. The second-order valence-electron chi connectivity index (χ2n) is 6.01. The van der Waals surface area contributed by atoms with E-state index in [0.29, 0.717) is 16.7 Å². The molecule has 0 aliphatic heterocycles. The van der Waals surface area contributed by atoms with Gasteiger partial charge in [0, 0.05) is 39.6 Å². The molecule has 0 unspecified atom stereocenters. The molecule has 0 saturated heterocycles. The minimum Gasteiger partial charge on any atom is -0.481 e. The Labute approximate surface area is 159 Å². The van der Waals surface area contributed by atoms with Crippen LogP contribution in [-0.4, -0.2) is 26.0 Å². The zero-order valence-corrected chi connectivity index (χ0v) is 14.9. The van der Waals surface area contributed by atoms with Crippen molar-refractivity contribution >= 4 is 40.1 Å². The number of anilines is 2. The van der Waals surface area contributed by atoms with Gasteiger partial charge in [-0.25, -0.2) is 9.97 Å².